The molecule has 0 spiro atoms. The van der Waals surface area contributed by atoms with Gasteiger partial charge in [-0.3, -0.25) is 14.2 Å². The summed E-state index contributed by atoms with van der Waals surface area (Å²) in [7, 11) is 0. The molecule has 0 atom stereocenters. The molecule has 0 saturated heterocycles. The van der Waals surface area contributed by atoms with Crippen molar-refractivity contribution in [1.29, 1.82) is 0 Å². The largest absolute Gasteiger partial charge is 0.453 e. The first-order valence-electron chi connectivity index (χ1n) is 7.60. The number of esters is 1. The number of carbonyl (C=O) groups excluding carboxylic acids is 1. The highest BCUT2D eigenvalue weighted by molar-refractivity contribution is 5.92. The Hall–Kier alpha value is -3.48. The van der Waals surface area contributed by atoms with Gasteiger partial charge < -0.3 is 9.15 Å². The van der Waals surface area contributed by atoms with Crippen LogP contribution in [-0.4, -0.2) is 20.3 Å². The molecule has 4 rings (SSSR count). The Morgan fingerprint density at radius 3 is 3.00 bits per heavy atom. The fraction of sp³-hybridized carbons (Fsp3) is 0.111. The van der Waals surface area contributed by atoms with Crippen LogP contribution < -0.4 is 5.56 Å². The molecule has 0 bridgehead atoms. The van der Waals surface area contributed by atoms with Crippen molar-refractivity contribution in [3.8, 4) is 0 Å². The topological polar surface area (TPSA) is 86.7 Å². The highest BCUT2D eigenvalue weighted by Crippen LogP contribution is 2.18. The van der Waals surface area contributed by atoms with E-state index in [-0.39, 0.29) is 17.9 Å². The Morgan fingerprint density at radius 1 is 1.28 bits per heavy atom. The zero-order chi connectivity index (χ0) is 17.4. The number of fused-ring (bicyclic) bond motifs is 2. The van der Waals surface area contributed by atoms with Crippen LogP contribution in [0.1, 0.15) is 21.8 Å². The van der Waals surface area contributed by atoms with Crippen LogP contribution in [0, 0.1) is 6.92 Å². The Balaban J connectivity index is 1.56. The number of carbonyl (C=O) groups is 1. The summed E-state index contributed by atoms with van der Waals surface area (Å²) in [6.45, 7) is 1.78. The third kappa shape index (κ3) is 2.87. The van der Waals surface area contributed by atoms with Crippen LogP contribution in [-0.2, 0) is 11.3 Å². The van der Waals surface area contributed by atoms with E-state index in [0.717, 1.165) is 5.56 Å². The van der Waals surface area contributed by atoms with Crippen LogP contribution in [0.25, 0.3) is 16.6 Å². The highest BCUT2D eigenvalue weighted by atomic mass is 16.5. The van der Waals surface area contributed by atoms with Crippen molar-refractivity contribution < 1.29 is 13.9 Å². The third-order valence-corrected chi connectivity index (χ3v) is 3.73. The fourth-order valence-electron chi connectivity index (χ4n) is 2.53. The lowest BCUT2D eigenvalue weighted by Crippen LogP contribution is -2.16. The van der Waals surface area contributed by atoms with Crippen LogP contribution in [0.4, 0.5) is 0 Å². The van der Waals surface area contributed by atoms with Crippen LogP contribution >= 0.6 is 0 Å². The molecule has 0 aliphatic carbocycles. The number of pyridine rings is 2. The van der Waals surface area contributed by atoms with Crippen LogP contribution in [0.15, 0.2) is 58.1 Å². The lowest BCUT2D eigenvalue weighted by molar-refractivity contribution is 0.0434. The van der Waals surface area contributed by atoms with Crippen molar-refractivity contribution >= 4 is 22.6 Å². The number of aromatic nitrogens is 3. The molecule has 0 aliphatic heterocycles. The molecular weight excluding hydrogens is 322 g/mol. The molecule has 4 aromatic rings. The Morgan fingerprint density at radius 2 is 2.16 bits per heavy atom. The number of rotatable bonds is 3. The van der Waals surface area contributed by atoms with Crippen LogP contribution in [0.3, 0.4) is 0 Å². The summed E-state index contributed by atoms with van der Waals surface area (Å²) in [5.74, 6) is -0.543. The number of aryl methyl sites for hydroxylation is 1. The second kappa shape index (κ2) is 5.86. The fourth-order valence-corrected chi connectivity index (χ4v) is 2.53. The van der Waals surface area contributed by atoms with E-state index in [1.54, 1.807) is 36.8 Å². The molecular formula is C18H13N3O4. The van der Waals surface area contributed by atoms with Crippen molar-refractivity contribution in [3.63, 3.8) is 0 Å². The second-order valence-corrected chi connectivity index (χ2v) is 5.62. The number of nitrogens with zero attached hydrogens (tertiary/aromatic N) is 3. The van der Waals surface area contributed by atoms with Crippen molar-refractivity contribution in [3.05, 3.63) is 76.3 Å². The van der Waals surface area contributed by atoms with Gasteiger partial charge in [0.05, 0.1) is 5.69 Å². The lowest BCUT2D eigenvalue weighted by Gasteiger charge is -2.05. The zero-order valence-corrected chi connectivity index (χ0v) is 13.3. The molecule has 0 radical (unpaired) electrons. The van der Waals surface area contributed by atoms with Gasteiger partial charge in [-0.25, -0.2) is 9.78 Å². The maximum atomic E-state index is 12.1. The SMILES string of the molecule is Cc1ccc2nc(COC(=O)c3cc4cnccc4o3)cc(=O)n2c1. The van der Waals surface area contributed by atoms with Gasteiger partial charge in [0.25, 0.3) is 5.56 Å². The molecule has 0 fully saturated rings. The van der Waals surface area contributed by atoms with E-state index in [1.165, 1.54) is 10.5 Å². The van der Waals surface area contributed by atoms with Crippen molar-refractivity contribution in [1.82, 2.24) is 14.4 Å². The van der Waals surface area contributed by atoms with Gasteiger partial charge in [0, 0.05) is 36.1 Å². The first kappa shape index (κ1) is 15.1. The van der Waals surface area contributed by atoms with Crippen LogP contribution in [0.2, 0.25) is 0 Å². The van der Waals surface area contributed by atoms with Gasteiger partial charge in [-0.05, 0) is 24.6 Å². The average molecular weight is 335 g/mol. The third-order valence-electron chi connectivity index (χ3n) is 3.73. The van der Waals surface area contributed by atoms with E-state index in [0.29, 0.717) is 22.3 Å². The highest BCUT2D eigenvalue weighted by Gasteiger charge is 2.14. The molecule has 0 N–H and O–H groups in total. The van der Waals surface area contributed by atoms with Gasteiger partial charge in [0.15, 0.2) is 0 Å². The zero-order valence-electron chi connectivity index (χ0n) is 13.3. The van der Waals surface area contributed by atoms with E-state index in [1.807, 2.05) is 13.0 Å². The minimum atomic E-state index is -0.623. The van der Waals surface area contributed by atoms with Gasteiger partial charge in [0.2, 0.25) is 5.76 Å². The van der Waals surface area contributed by atoms with Gasteiger partial charge in [-0.2, -0.15) is 0 Å². The predicted molar refractivity (Wildman–Crippen MR) is 89.3 cm³/mol. The molecule has 7 nitrogen and oxygen atoms in total. The molecule has 4 aromatic heterocycles. The molecule has 124 valence electrons. The first-order valence-corrected chi connectivity index (χ1v) is 7.60. The molecule has 4 heterocycles. The average Bonchev–Trinajstić information content (AvgIpc) is 3.04. The Bertz CT molecular complexity index is 1130. The maximum absolute atomic E-state index is 12.1. The number of ether oxygens (including phenoxy) is 1. The van der Waals surface area contributed by atoms with Crippen molar-refractivity contribution in [2.24, 2.45) is 0 Å². The minimum Gasteiger partial charge on any atom is -0.453 e. The summed E-state index contributed by atoms with van der Waals surface area (Å²) < 4.78 is 12.1. The smallest absolute Gasteiger partial charge is 0.374 e. The standard InChI is InChI=1S/C18H13N3O4/c1-11-2-3-16-20-13(7-17(22)21(16)9-11)10-24-18(23)15-6-12-8-19-5-4-14(12)25-15/h2-9H,10H2,1H3. The first-order chi connectivity index (χ1) is 12.1. The molecule has 0 amide bonds. The van der Waals surface area contributed by atoms with E-state index in [9.17, 15) is 9.59 Å². The van der Waals surface area contributed by atoms with E-state index in [2.05, 4.69) is 9.97 Å². The molecule has 25 heavy (non-hydrogen) atoms. The van der Waals surface area contributed by atoms with E-state index in [4.69, 9.17) is 9.15 Å². The number of furan rings is 1. The van der Waals surface area contributed by atoms with Gasteiger partial charge >= 0.3 is 5.97 Å². The second-order valence-electron chi connectivity index (χ2n) is 5.62. The van der Waals surface area contributed by atoms with E-state index < -0.39 is 5.97 Å². The van der Waals surface area contributed by atoms with Crippen molar-refractivity contribution in [2.45, 2.75) is 13.5 Å². The predicted octanol–water partition coefficient (Wildman–Crippen LogP) is 2.50. The van der Waals surface area contributed by atoms with E-state index >= 15 is 0 Å². The lowest BCUT2D eigenvalue weighted by atomic mass is 10.3. The molecule has 0 aromatic carbocycles. The molecule has 0 unspecified atom stereocenters. The summed E-state index contributed by atoms with van der Waals surface area (Å²) in [6.07, 6.45) is 4.89. The quantitative estimate of drug-likeness (QED) is 0.535. The normalized spacial score (nSPS) is 11.1. The Labute approximate surface area is 141 Å². The number of hydrogen-bond donors (Lipinski definition) is 0. The molecule has 0 aliphatic rings. The molecule has 7 heteroatoms. The summed E-state index contributed by atoms with van der Waals surface area (Å²) in [5, 5.41) is 0.715. The number of hydrogen-bond acceptors (Lipinski definition) is 6. The molecule has 0 saturated carbocycles. The van der Waals surface area contributed by atoms with Gasteiger partial charge in [-0.15, -0.1) is 0 Å². The monoisotopic (exact) mass is 335 g/mol. The van der Waals surface area contributed by atoms with Gasteiger partial charge in [-0.1, -0.05) is 6.07 Å². The summed E-state index contributed by atoms with van der Waals surface area (Å²) >= 11 is 0. The van der Waals surface area contributed by atoms with Crippen molar-refractivity contribution in [2.75, 3.05) is 0 Å². The summed E-state index contributed by atoms with van der Waals surface area (Å²) in [6, 6.07) is 8.19. The maximum Gasteiger partial charge on any atom is 0.374 e. The summed E-state index contributed by atoms with van der Waals surface area (Å²) in [5.41, 5.74) is 2.16. The minimum absolute atomic E-state index is 0.0798. The van der Waals surface area contributed by atoms with Crippen LogP contribution in [0.5, 0.6) is 0 Å². The Kier molecular flexibility index (Phi) is 3.53. The summed E-state index contributed by atoms with van der Waals surface area (Å²) in [4.78, 5) is 32.6. The van der Waals surface area contributed by atoms with Gasteiger partial charge in [0.1, 0.15) is 17.8 Å².